The molecule has 0 aliphatic carbocycles. The molecule has 1 amide bonds. The minimum atomic E-state index is -3.94. The van der Waals surface area contributed by atoms with E-state index in [1.807, 2.05) is 0 Å². The summed E-state index contributed by atoms with van der Waals surface area (Å²) >= 11 is 0. The van der Waals surface area contributed by atoms with Gasteiger partial charge < -0.3 is 14.5 Å². The normalized spacial score (nSPS) is 11.2. The molecule has 0 unspecified atom stereocenters. The third kappa shape index (κ3) is 6.20. The maximum absolute atomic E-state index is 13.1. The summed E-state index contributed by atoms with van der Waals surface area (Å²) in [4.78, 5) is 23.8. The van der Waals surface area contributed by atoms with Crippen molar-refractivity contribution in [2.75, 3.05) is 11.9 Å². The number of hydrogen-bond donors (Lipinski definition) is 2. The standard InChI is InChI=1S/C20H16F2N2O6S/c21-14-8-15(22)10-16(9-14)24-19(25)12-30-20(26)13-3-1-5-18(7-13)31(27,28)23-11-17-4-2-6-29-17/h1-10,23H,11-12H2,(H,24,25). The monoisotopic (exact) mass is 450 g/mol. The fourth-order valence-electron chi connectivity index (χ4n) is 2.49. The van der Waals surface area contributed by atoms with Gasteiger partial charge in [0.1, 0.15) is 17.4 Å². The molecule has 3 rings (SSSR count). The molecule has 8 nitrogen and oxygen atoms in total. The SMILES string of the molecule is O=C(COC(=O)c1cccc(S(=O)(=O)NCc2ccco2)c1)Nc1cc(F)cc(F)c1. The van der Waals surface area contributed by atoms with Crippen LogP contribution in [-0.4, -0.2) is 26.9 Å². The van der Waals surface area contributed by atoms with E-state index in [4.69, 9.17) is 9.15 Å². The first-order valence-electron chi connectivity index (χ1n) is 8.78. The molecule has 0 aliphatic rings. The molecule has 0 spiro atoms. The molecule has 0 fully saturated rings. The Balaban J connectivity index is 1.59. The number of hydrogen-bond acceptors (Lipinski definition) is 6. The highest BCUT2D eigenvalue weighted by molar-refractivity contribution is 7.89. The van der Waals surface area contributed by atoms with Gasteiger partial charge in [-0.15, -0.1) is 0 Å². The summed E-state index contributed by atoms with van der Waals surface area (Å²) in [5.74, 6) is -3.15. The van der Waals surface area contributed by atoms with E-state index in [1.54, 1.807) is 12.1 Å². The molecular weight excluding hydrogens is 434 g/mol. The first-order chi connectivity index (χ1) is 14.7. The number of anilines is 1. The fraction of sp³-hybridized carbons (Fsp3) is 0.100. The number of furan rings is 1. The molecule has 0 bridgehead atoms. The molecule has 31 heavy (non-hydrogen) atoms. The Morgan fingerprint density at radius 2 is 1.74 bits per heavy atom. The van der Waals surface area contributed by atoms with Crippen molar-refractivity contribution in [2.24, 2.45) is 0 Å². The van der Waals surface area contributed by atoms with Crippen LogP contribution in [0.4, 0.5) is 14.5 Å². The van der Waals surface area contributed by atoms with Gasteiger partial charge in [-0.25, -0.2) is 26.7 Å². The summed E-state index contributed by atoms with van der Waals surface area (Å²) in [5, 5.41) is 2.19. The van der Waals surface area contributed by atoms with Gasteiger partial charge in [-0.05, 0) is 42.5 Å². The smallest absolute Gasteiger partial charge is 0.338 e. The minimum absolute atomic E-state index is 0.0785. The highest BCUT2D eigenvalue weighted by Gasteiger charge is 2.18. The second kappa shape index (κ2) is 9.49. The Kier molecular flexibility index (Phi) is 6.78. The van der Waals surface area contributed by atoms with Gasteiger partial charge in [0, 0.05) is 11.8 Å². The highest BCUT2D eigenvalue weighted by Crippen LogP contribution is 2.15. The Labute approximate surface area is 175 Å². The molecular formula is C20H16F2N2O6S. The lowest BCUT2D eigenvalue weighted by molar-refractivity contribution is -0.119. The zero-order valence-corrected chi connectivity index (χ0v) is 16.6. The average Bonchev–Trinajstić information content (AvgIpc) is 3.24. The third-order valence-electron chi connectivity index (χ3n) is 3.88. The first-order valence-corrected chi connectivity index (χ1v) is 10.3. The van der Waals surface area contributed by atoms with Crippen LogP contribution in [0.2, 0.25) is 0 Å². The zero-order chi connectivity index (χ0) is 22.4. The molecule has 1 aromatic heterocycles. The molecule has 2 N–H and O–H groups in total. The van der Waals surface area contributed by atoms with Gasteiger partial charge >= 0.3 is 5.97 Å². The van der Waals surface area contributed by atoms with E-state index in [9.17, 15) is 26.8 Å². The van der Waals surface area contributed by atoms with Gasteiger partial charge in [0.05, 0.1) is 23.3 Å². The summed E-state index contributed by atoms with van der Waals surface area (Å²) in [6.45, 7) is -0.824. The second-order valence-corrected chi connectivity index (χ2v) is 7.98. The lowest BCUT2D eigenvalue weighted by Gasteiger charge is -2.09. The molecule has 0 radical (unpaired) electrons. The summed E-state index contributed by atoms with van der Waals surface area (Å²) in [6.07, 6.45) is 1.40. The lowest BCUT2D eigenvalue weighted by Crippen LogP contribution is -2.24. The Hall–Kier alpha value is -3.57. The number of carbonyl (C=O) groups excluding carboxylic acids is 2. The molecule has 0 saturated heterocycles. The van der Waals surface area contributed by atoms with Gasteiger partial charge in [0.25, 0.3) is 5.91 Å². The maximum atomic E-state index is 13.1. The topological polar surface area (TPSA) is 115 Å². The number of amides is 1. The van der Waals surface area contributed by atoms with Crippen molar-refractivity contribution in [3.63, 3.8) is 0 Å². The van der Waals surface area contributed by atoms with Crippen molar-refractivity contribution in [1.29, 1.82) is 0 Å². The van der Waals surface area contributed by atoms with Crippen LogP contribution in [0.15, 0.2) is 70.2 Å². The van der Waals surface area contributed by atoms with Crippen molar-refractivity contribution in [3.8, 4) is 0 Å². The van der Waals surface area contributed by atoms with E-state index < -0.39 is 40.1 Å². The Bertz CT molecular complexity index is 1180. The van der Waals surface area contributed by atoms with Crippen molar-refractivity contribution in [2.45, 2.75) is 11.4 Å². The second-order valence-electron chi connectivity index (χ2n) is 6.21. The number of nitrogens with one attached hydrogen (secondary N) is 2. The van der Waals surface area contributed by atoms with Crippen molar-refractivity contribution >= 4 is 27.6 Å². The number of carbonyl (C=O) groups is 2. The average molecular weight is 450 g/mol. The largest absolute Gasteiger partial charge is 0.468 e. The van der Waals surface area contributed by atoms with Gasteiger partial charge in [0.15, 0.2) is 6.61 Å². The van der Waals surface area contributed by atoms with Crippen LogP contribution in [0.5, 0.6) is 0 Å². The summed E-state index contributed by atoms with van der Waals surface area (Å²) < 4.78 is 63.3. The van der Waals surface area contributed by atoms with E-state index in [0.29, 0.717) is 11.8 Å². The van der Waals surface area contributed by atoms with E-state index in [2.05, 4.69) is 10.0 Å². The maximum Gasteiger partial charge on any atom is 0.338 e. The highest BCUT2D eigenvalue weighted by atomic mass is 32.2. The Morgan fingerprint density at radius 3 is 2.42 bits per heavy atom. The van der Waals surface area contributed by atoms with Crippen LogP contribution in [0.25, 0.3) is 0 Å². The molecule has 0 saturated carbocycles. The van der Waals surface area contributed by atoms with Gasteiger partial charge in [-0.2, -0.15) is 0 Å². The third-order valence-corrected chi connectivity index (χ3v) is 5.28. The van der Waals surface area contributed by atoms with E-state index >= 15 is 0 Å². The predicted octanol–water partition coefficient (Wildman–Crippen LogP) is 2.83. The van der Waals surface area contributed by atoms with Crippen LogP contribution in [0.3, 0.4) is 0 Å². The van der Waals surface area contributed by atoms with Crippen LogP contribution in [0, 0.1) is 11.6 Å². The molecule has 1 heterocycles. The predicted molar refractivity (Wildman–Crippen MR) is 104 cm³/mol. The molecule has 0 aliphatic heterocycles. The van der Waals surface area contributed by atoms with E-state index in [1.165, 1.54) is 24.5 Å². The lowest BCUT2D eigenvalue weighted by atomic mass is 10.2. The molecule has 2 aromatic carbocycles. The first kappa shape index (κ1) is 22.1. The summed E-state index contributed by atoms with van der Waals surface area (Å²) in [6, 6.07) is 10.7. The van der Waals surface area contributed by atoms with Gasteiger partial charge in [-0.3, -0.25) is 4.79 Å². The quantitative estimate of drug-likeness (QED) is 0.510. The number of sulfonamides is 1. The number of ether oxygens (including phenoxy) is 1. The van der Waals surface area contributed by atoms with E-state index in [0.717, 1.165) is 18.2 Å². The summed E-state index contributed by atoms with van der Waals surface area (Å²) in [5.41, 5.74) is -0.250. The van der Waals surface area contributed by atoms with Crippen LogP contribution in [0.1, 0.15) is 16.1 Å². The van der Waals surface area contributed by atoms with Gasteiger partial charge in [0.2, 0.25) is 10.0 Å². The number of halogens is 2. The number of rotatable bonds is 8. The van der Waals surface area contributed by atoms with Crippen molar-refractivity contribution in [1.82, 2.24) is 4.72 Å². The molecule has 11 heteroatoms. The van der Waals surface area contributed by atoms with Crippen LogP contribution >= 0.6 is 0 Å². The molecule has 3 aromatic rings. The number of esters is 1. The fourth-order valence-corrected chi connectivity index (χ4v) is 3.53. The Morgan fingerprint density at radius 1 is 1.00 bits per heavy atom. The minimum Gasteiger partial charge on any atom is -0.468 e. The summed E-state index contributed by atoms with van der Waals surface area (Å²) in [7, 11) is -3.94. The zero-order valence-electron chi connectivity index (χ0n) is 15.8. The van der Waals surface area contributed by atoms with Crippen molar-refractivity contribution in [3.05, 3.63) is 83.8 Å². The number of benzene rings is 2. The molecule has 162 valence electrons. The van der Waals surface area contributed by atoms with Crippen LogP contribution < -0.4 is 10.0 Å². The van der Waals surface area contributed by atoms with E-state index in [-0.39, 0.29) is 22.7 Å². The van der Waals surface area contributed by atoms with Gasteiger partial charge in [-0.1, -0.05) is 6.07 Å². The van der Waals surface area contributed by atoms with Crippen molar-refractivity contribution < 1.29 is 35.9 Å². The van der Waals surface area contributed by atoms with Crippen LogP contribution in [-0.2, 0) is 26.1 Å². The molecule has 0 atom stereocenters.